The van der Waals surface area contributed by atoms with Gasteiger partial charge in [-0.2, -0.15) is 13.2 Å². The maximum absolute atomic E-state index is 14.2. The van der Waals surface area contributed by atoms with E-state index in [2.05, 4.69) is 27.6 Å². The molecule has 0 aliphatic rings. The van der Waals surface area contributed by atoms with Gasteiger partial charge >= 0.3 is 27.2 Å². The Morgan fingerprint density at radius 3 is 2.33 bits per heavy atom. The predicted molar refractivity (Wildman–Crippen MR) is 110 cm³/mol. The number of aromatic nitrogens is 2. The Morgan fingerprint density at radius 2 is 1.70 bits per heavy atom. The van der Waals surface area contributed by atoms with Crippen LogP contribution in [0.5, 0.6) is 0 Å². The van der Waals surface area contributed by atoms with E-state index in [1.165, 1.54) is 6.07 Å². The van der Waals surface area contributed by atoms with Crippen LogP contribution in [0.25, 0.3) is 11.3 Å². The number of nitrogens with zero attached hydrogens (tertiary/aromatic N) is 2. The van der Waals surface area contributed by atoms with Gasteiger partial charge in [-0.15, -0.1) is 24.4 Å². The Kier molecular flexibility index (Phi) is 8.25. The topological polar surface area (TPSA) is 61.7 Å². The number of rotatable bonds is 6. The molecule has 0 radical (unpaired) electrons. The van der Waals surface area contributed by atoms with Crippen molar-refractivity contribution in [3.05, 3.63) is 89.9 Å². The van der Waals surface area contributed by atoms with Gasteiger partial charge in [0.1, 0.15) is 0 Å². The number of halogens is 5. The molecule has 2 aromatic heterocycles. The van der Waals surface area contributed by atoms with E-state index in [1.54, 1.807) is 30.3 Å². The third-order valence-corrected chi connectivity index (χ3v) is 4.62. The van der Waals surface area contributed by atoms with Gasteiger partial charge in [-0.05, 0) is 31.7 Å². The fourth-order valence-electron chi connectivity index (χ4n) is 2.81. The zero-order chi connectivity index (χ0) is 23.5. The number of benzene rings is 1. The molecule has 2 heterocycles. The van der Waals surface area contributed by atoms with Crippen molar-refractivity contribution in [1.82, 2.24) is 9.97 Å². The Labute approximate surface area is 201 Å². The minimum Gasteiger partial charge on any atom is -0.453 e. The zero-order valence-corrected chi connectivity index (χ0v) is 19.6. The first kappa shape index (κ1) is 26.3. The second-order valence-electron chi connectivity index (χ2n) is 7.31. The molecular formula is C23H17F5N4Pt. The molecule has 0 unspecified atom stereocenters. The summed E-state index contributed by atoms with van der Waals surface area (Å²) in [5, 5.41) is 9.41. The SMILES string of the molecule is CC(C)(c1cccc(N[C-]=CC(=N)C(F)(F)F)n1)c1cccc(-c2[c-]cc(F)cc2F)n1.[Pt+2]. The van der Waals surface area contributed by atoms with Gasteiger partial charge in [0.05, 0.1) is 0 Å². The standard InChI is InChI=1S/C23H17F5N4.Pt/c1-22(2,19-6-3-5-17(31-19)15-10-9-14(24)13-16(15)25)20-7-4-8-21(32-20)30-12-11-18(29)23(26,27)28;/h3-9,11,13,29H,1-2H3,(H,30,32);/q-2;+2. The summed E-state index contributed by atoms with van der Waals surface area (Å²) in [6.07, 6.45) is -2.10. The van der Waals surface area contributed by atoms with Crippen molar-refractivity contribution in [2.45, 2.75) is 25.4 Å². The predicted octanol–water partition coefficient (Wildman–Crippen LogP) is 5.86. The molecule has 1 aromatic carbocycles. The van der Waals surface area contributed by atoms with Gasteiger partial charge in [-0.25, -0.2) is 0 Å². The minimum atomic E-state index is -4.76. The summed E-state index contributed by atoms with van der Waals surface area (Å²) in [6.45, 7) is 3.66. The molecule has 0 spiro atoms. The number of allylic oxidation sites excluding steroid dienone is 1. The molecule has 3 rings (SSSR count). The van der Waals surface area contributed by atoms with E-state index >= 15 is 0 Å². The summed E-state index contributed by atoms with van der Waals surface area (Å²) in [6, 6.07) is 14.2. The second kappa shape index (κ2) is 10.3. The van der Waals surface area contributed by atoms with Gasteiger partial charge in [0.2, 0.25) is 0 Å². The zero-order valence-electron chi connectivity index (χ0n) is 17.3. The van der Waals surface area contributed by atoms with Gasteiger partial charge in [-0.3, -0.25) is 13.8 Å². The molecule has 10 heteroatoms. The largest absolute Gasteiger partial charge is 2.00 e. The molecule has 0 atom stereocenters. The third kappa shape index (κ3) is 6.32. The first-order chi connectivity index (χ1) is 15.0. The maximum Gasteiger partial charge on any atom is 2.00 e. The van der Waals surface area contributed by atoms with Crippen LogP contribution in [0.3, 0.4) is 0 Å². The molecule has 0 saturated carbocycles. The van der Waals surface area contributed by atoms with Gasteiger partial charge in [0, 0.05) is 40.0 Å². The van der Waals surface area contributed by atoms with Gasteiger partial charge < -0.3 is 15.7 Å². The van der Waals surface area contributed by atoms with Gasteiger partial charge in [-0.1, -0.05) is 35.9 Å². The van der Waals surface area contributed by atoms with Crippen LogP contribution < -0.4 is 5.32 Å². The summed E-state index contributed by atoms with van der Waals surface area (Å²) in [5.41, 5.74) is -0.957. The number of anilines is 1. The quantitative estimate of drug-likeness (QED) is 0.154. The van der Waals surface area contributed by atoms with Crippen LogP contribution >= 0.6 is 0 Å². The van der Waals surface area contributed by atoms with E-state index in [1.807, 2.05) is 13.8 Å². The van der Waals surface area contributed by atoms with E-state index in [0.29, 0.717) is 17.5 Å². The Balaban J connectivity index is 0.00000385. The molecule has 33 heavy (non-hydrogen) atoms. The molecule has 0 aliphatic heterocycles. The molecule has 0 saturated heterocycles. The molecule has 0 fully saturated rings. The molecule has 2 N–H and O–H groups in total. The Morgan fingerprint density at radius 1 is 1.06 bits per heavy atom. The van der Waals surface area contributed by atoms with Gasteiger partial charge in [0.15, 0.2) is 0 Å². The molecule has 4 nitrogen and oxygen atoms in total. The van der Waals surface area contributed by atoms with E-state index < -0.39 is 28.9 Å². The number of pyridine rings is 2. The van der Waals surface area contributed by atoms with Gasteiger partial charge in [0.25, 0.3) is 0 Å². The number of alkyl halides is 3. The second-order valence-corrected chi connectivity index (χ2v) is 7.31. The van der Waals surface area contributed by atoms with Crippen molar-refractivity contribution in [2.24, 2.45) is 0 Å². The smallest absolute Gasteiger partial charge is 0.453 e. The average molecular weight is 639 g/mol. The Hall–Kier alpha value is -2.93. The maximum atomic E-state index is 14.2. The summed E-state index contributed by atoms with van der Waals surface area (Å²) in [4.78, 5) is 8.89. The summed E-state index contributed by atoms with van der Waals surface area (Å²) >= 11 is 0. The van der Waals surface area contributed by atoms with Crippen molar-refractivity contribution in [3.63, 3.8) is 0 Å². The van der Waals surface area contributed by atoms with E-state index in [9.17, 15) is 22.0 Å². The van der Waals surface area contributed by atoms with E-state index in [-0.39, 0.29) is 38.1 Å². The summed E-state index contributed by atoms with van der Waals surface area (Å²) < 4.78 is 64.5. The van der Waals surface area contributed by atoms with Crippen LogP contribution in [0.1, 0.15) is 25.2 Å². The number of hydrogen-bond donors (Lipinski definition) is 2. The molecule has 0 aliphatic carbocycles. The normalized spacial score (nSPS) is 11.8. The molecule has 174 valence electrons. The van der Waals surface area contributed by atoms with E-state index in [4.69, 9.17) is 5.41 Å². The van der Waals surface area contributed by atoms with Crippen molar-refractivity contribution in [2.75, 3.05) is 5.32 Å². The number of nitrogens with one attached hydrogen (secondary N) is 2. The van der Waals surface area contributed by atoms with Crippen LogP contribution in [0, 0.1) is 29.3 Å². The van der Waals surface area contributed by atoms with Crippen LogP contribution in [0.15, 0.2) is 54.6 Å². The monoisotopic (exact) mass is 639 g/mol. The number of hydrogen-bond acceptors (Lipinski definition) is 4. The van der Waals surface area contributed by atoms with Crippen molar-refractivity contribution >= 4 is 11.5 Å². The molecule has 3 aromatic rings. The third-order valence-electron chi connectivity index (χ3n) is 4.62. The molecule has 0 amide bonds. The fourth-order valence-corrected chi connectivity index (χ4v) is 2.81. The van der Waals surface area contributed by atoms with Crippen molar-refractivity contribution in [3.8, 4) is 11.3 Å². The molecule has 0 bridgehead atoms. The molecular weight excluding hydrogens is 622 g/mol. The van der Waals surface area contributed by atoms with Crippen LogP contribution in [-0.2, 0) is 26.5 Å². The first-order valence-electron chi connectivity index (χ1n) is 9.31. The summed E-state index contributed by atoms with van der Waals surface area (Å²) in [7, 11) is 0. The Bertz CT molecular complexity index is 1180. The van der Waals surface area contributed by atoms with Crippen LogP contribution in [-0.4, -0.2) is 21.9 Å². The van der Waals surface area contributed by atoms with Crippen LogP contribution in [0.2, 0.25) is 0 Å². The fraction of sp³-hybridized carbons (Fsp3) is 0.174. The average Bonchev–Trinajstić information content (AvgIpc) is 2.73. The van der Waals surface area contributed by atoms with Crippen molar-refractivity contribution < 1.29 is 43.0 Å². The van der Waals surface area contributed by atoms with E-state index in [0.717, 1.165) is 12.1 Å². The van der Waals surface area contributed by atoms with Crippen LogP contribution in [0.4, 0.5) is 27.8 Å². The first-order valence-corrected chi connectivity index (χ1v) is 9.31. The van der Waals surface area contributed by atoms with Crippen molar-refractivity contribution in [1.29, 1.82) is 5.41 Å². The minimum absolute atomic E-state index is 0. The summed E-state index contributed by atoms with van der Waals surface area (Å²) in [5.74, 6) is -1.31.